The van der Waals surface area contributed by atoms with Gasteiger partial charge in [-0.2, -0.15) is 0 Å². The molecule has 11 aromatic rings. The summed E-state index contributed by atoms with van der Waals surface area (Å²) in [4.78, 5) is 2.54. The number of anilines is 3. The molecule has 0 fully saturated rings. The van der Waals surface area contributed by atoms with Crippen LogP contribution in [0.3, 0.4) is 0 Å². The molecule has 244 valence electrons. The van der Waals surface area contributed by atoms with Crippen molar-refractivity contribution in [3.05, 3.63) is 176 Å². The molecule has 0 bridgehead atoms. The summed E-state index contributed by atoms with van der Waals surface area (Å²) in [5.74, 6) is 0. The molecule has 11 rings (SSSR count). The van der Waals surface area contributed by atoms with E-state index in [9.17, 15) is 0 Å². The van der Waals surface area contributed by atoms with Crippen molar-refractivity contribution in [1.29, 1.82) is 0 Å². The van der Waals surface area contributed by atoms with Gasteiger partial charge >= 0.3 is 0 Å². The first-order valence-corrected chi connectivity index (χ1v) is 20.0. The van der Waals surface area contributed by atoms with E-state index >= 15 is 0 Å². The molecular weight excluding hydrogens is 687 g/mol. The second-order valence-electron chi connectivity index (χ2n) is 13.2. The Hall–Kier alpha value is -5.78. The van der Waals surface area contributed by atoms with Crippen molar-refractivity contribution in [2.75, 3.05) is 4.90 Å². The first-order valence-electron chi connectivity index (χ1n) is 17.5. The minimum absolute atomic E-state index is 1.16. The normalized spacial score (nSPS) is 11.8. The number of thiophene rings is 3. The highest BCUT2D eigenvalue weighted by atomic mass is 32.1. The van der Waals surface area contributed by atoms with Gasteiger partial charge in [0.25, 0.3) is 0 Å². The Morgan fingerprint density at radius 2 is 0.962 bits per heavy atom. The SMILES string of the molecule is c1ccc(-c2ccc3c(c2)sc2ccc(N(c4cccc5sc6ccccc6c45)c4ccc(-c5ccccc5)c5sc6ccccc6c45)cc23)cc1. The van der Waals surface area contributed by atoms with Crippen LogP contribution in [-0.4, -0.2) is 0 Å². The van der Waals surface area contributed by atoms with Gasteiger partial charge in [0.2, 0.25) is 0 Å². The van der Waals surface area contributed by atoms with Crippen LogP contribution in [0.5, 0.6) is 0 Å². The molecule has 1 nitrogen and oxygen atoms in total. The van der Waals surface area contributed by atoms with E-state index in [-0.39, 0.29) is 0 Å². The van der Waals surface area contributed by atoms with Gasteiger partial charge in [-0.1, -0.05) is 121 Å². The Labute approximate surface area is 312 Å². The van der Waals surface area contributed by atoms with Gasteiger partial charge in [0.1, 0.15) is 0 Å². The zero-order valence-corrected chi connectivity index (χ0v) is 30.4. The van der Waals surface area contributed by atoms with Crippen molar-refractivity contribution in [2.24, 2.45) is 0 Å². The Balaban J connectivity index is 1.21. The van der Waals surface area contributed by atoms with Crippen LogP contribution >= 0.6 is 34.0 Å². The number of hydrogen-bond donors (Lipinski definition) is 0. The van der Waals surface area contributed by atoms with E-state index in [1.165, 1.54) is 94.1 Å². The van der Waals surface area contributed by atoms with Crippen molar-refractivity contribution in [2.45, 2.75) is 0 Å². The summed E-state index contributed by atoms with van der Waals surface area (Å²) < 4.78 is 7.83. The summed E-state index contributed by atoms with van der Waals surface area (Å²) in [6, 6.07) is 64.8. The summed E-state index contributed by atoms with van der Waals surface area (Å²) >= 11 is 5.65. The van der Waals surface area contributed by atoms with Gasteiger partial charge in [-0.3, -0.25) is 0 Å². The molecular formula is C48H29NS3. The highest BCUT2D eigenvalue weighted by Gasteiger charge is 2.24. The summed E-state index contributed by atoms with van der Waals surface area (Å²) in [6.07, 6.45) is 0. The fourth-order valence-corrected chi connectivity index (χ4v) is 11.4. The summed E-state index contributed by atoms with van der Waals surface area (Å²) in [6.45, 7) is 0. The van der Waals surface area contributed by atoms with Gasteiger partial charge in [0.05, 0.1) is 11.4 Å². The molecule has 0 radical (unpaired) electrons. The van der Waals surface area contributed by atoms with Gasteiger partial charge in [-0.05, 0) is 76.9 Å². The molecule has 0 spiro atoms. The fraction of sp³-hybridized carbons (Fsp3) is 0. The summed E-state index contributed by atoms with van der Waals surface area (Å²) in [5.41, 5.74) is 8.56. The molecule has 4 heteroatoms. The molecule has 0 atom stereocenters. The van der Waals surface area contributed by atoms with Gasteiger partial charge in [-0.25, -0.2) is 0 Å². The van der Waals surface area contributed by atoms with Crippen LogP contribution < -0.4 is 4.90 Å². The summed E-state index contributed by atoms with van der Waals surface area (Å²) in [7, 11) is 0. The van der Waals surface area contributed by atoms with E-state index in [0.717, 1.165) is 5.69 Å². The van der Waals surface area contributed by atoms with Gasteiger partial charge < -0.3 is 4.90 Å². The number of nitrogens with zero attached hydrogens (tertiary/aromatic N) is 1. The third kappa shape index (κ3) is 4.65. The molecule has 8 aromatic carbocycles. The quantitative estimate of drug-likeness (QED) is 0.171. The van der Waals surface area contributed by atoms with E-state index in [1.807, 2.05) is 34.0 Å². The highest BCUT2D eigenvalue weighted by molar-refractivity contribution is 7.27. The molecule has 0 aliphatic heterocycles. The number of fused-ring (bicyclic) bond motifs is 9. The fourth-order valence-electron chi connectivity index (χ4n) is 7.91. The molecule has 3 heterocycles. The molecule has 0 aliphatic rings. The Morgan fingerprint density at radius 3 is 1.77 bits per heavy atom. The Kier molecular flexibility index (Phi) is 6.84. The van der Waals surface area contributed by atoms with Gasteiger partial charge in [0, 0.05) is 66.2 Å². The van der Waals surface area contributed by atoms with Crippen LogP contribution in [0.25, 0.3) is 82.8 Å². The minimum Gasteiger partial charge on any atom is -0.309 e. The third-order valence-electron chi connectivity index (χ3n) is 10.3. The van der Waals surface area contributed by atoms with Gasteiger partial charge in [0.15, 0.2) is 0 Å². The Bertz CT molecular complexity index is 3130. The van der Waals surface area contributed by atoms with E-state index in [1.54, 1.807) is 0 Å². The third-order valence-corrected chi connectivity index (χ3v) is 13.7. The van der Waals surface area contributed by atoms with E-state index in [0.29, 0.717) is 0 Å². The standard InChI is InChI=1S/C48H29NS3/c1-3-12-30(13-4-1)32-22-24-35-38-29-33(23-27-43(38)51-45(35)28-32)49(39-18-11-21-44-46(39)36-16-7-9-19-41(36)50-44)40-26-25-34(31-14-5-2-6-15-31)48-47(40)37-17-8-10-20-42(37)52-48/h1-29H. The molecule has 0 aliphatic carbocycles. The lowest BCUT2D eigenvalue weighted by Crippen LogP contribution is -2.10. The average Bonchev–Trinajstić information content (AvgIpc) is 3.90. The van der Waals surface area contributed by atoms with Crippen molar-refractivity contribution in [3.8, 4) is 22.3 Å². The molecule has 0 N–H and O–H groups in total. The van der Waals surface area contributed by atoms with Crippen LogP contribution in [0.4, 0.5) is 17.1 Å². The van der Waals surface area contributed by atoms with Crippen LogP contribution in [0.1, 0.15) is 0 Å². The summed E-state index contributed by atoms with van der Waals surface area (Å²) in [5, 5.41) is 7.76. The van der Waals surface area contributed by atoms with Gasteiger partial charge in [-0.15, -0.1) is 34.0 Å². The van der Waals surface area contributed by atoms with E-state index < -0.39 is 0 Å². The number of hydrogen-bond acceptors (Lipinski definition) is 4. The predicted octanol–water partition coefficient (Wildman–Crippen LogP) is 15.6. The lowest BCUT2D eigenvalue weighted by molar-refractivity contribution is 1.33. The van der Waals surface area contributed by atoms with Crippen LogP contribution in [-0.2, 0) is 0 Å². The zero-order chi connectivity index (χ0) is 34.2. The first-order chi connectivity index (χ1) is 25.8. The molecule has 3 aromatic heterocycles. The lowest BCUT2D eigenvalue weighted by Gasteiger charge is -2.28. The van der Waals surface area contributed by atoms with Crippen LogP contribution in [0.2, 0.25) is 0 Å². The van der Waals surface area contributed by atoms with Crippen molar-refractivity contribution >= 4 is 112 Å². The highest BCUT2D eigenvalue weighted by Crippen LogP contribution is 2.51. The maximum atomic E-state index is 2.54. The van der Waals surface area contributed by atoms with Crippen LogP contribution in [0.15, 0.2) is 176 Å². The maximum Gasteiger partial charge on any atom is 0.0555 e. The molecule has 0 saturated carbocycles. The Morgan fingerprint density at radius 1 is 0.327 bits per heavy atom. The maximum absolute atomic E-state index is 2.54. The van der Waals surface area contributed by atoms with Crippen molar-refractivity contribution < 1.29 is 0 Å². The monoisotopic (exact) mass is 715 g/mol. The number of rotatable bonds is 5. The van der Waals surface area contributed by atoms with Crippen molar-refractivity contribution in [1.82, 2.24) is 0 Å². The van der Waals surface area contributed by atoms with Crippen LogP contribution in [0, 0.1) is 0 Å². The topological polar surface area (TPSA) is 3.24 Å². The molecule has 0 saturated heterocycles. The van der Waals surface area contributed by atoms with Crippen molar-refractivity contribution in [3.63, 3.8) is 0 Å². The largest absolute Gasteiger partial charge is 0.309 e. The minimum atomic E-state index is 1.16. The first kappa shape index (κ1) is 29.9. The number of benzene rings is 8. The molecule has 0 unspecified atom stereocenters. The smallest absolute Gasteiger partial charge is 0.0555 e. The van der Waals surface area contributed by atoms with E-state index in [4.69, 9.17) is 0 Å². The second kappa shape index (κ2) is 11.9. The zero-order valence-electron chi connectivity index (χ0n) is 27.9. The average molecular weight is 716 g/mol. The molecule has 52 heavy (non-hydrogen) atoms. The second-order valence-corrected chi connectivity index (χ2v) is 16.5. The lowest BCUT2D eigenvalue weighted by atomic mass is 9.99. The van der Waals surface area contributed by atoms with E-state index in [2.05, 4.69) is 181 Å². The predicted molar refractivity (Wildman–Crippen MR) is 231 cm³/mol. The molecule has 0 amide bonds.